The summed E-state index contributed by atoms with van der Waals surface area (Å²) in [4.78, 5) is 12.2. The van der Waals surface area contributed by atoms with Crippen LogP contribution >= 0.6 is 0 Å². The summed E-state index contributed by atoms with van der Waals surface area (Å²) < 4.78 is 0. The van der Waals surface area contributed by atoms with E-state index in [4.69, 9.17) is 0 Å². The molecule has 0 bridgehead atoms. The minimum absolute atomic E-state index is 0.388. The van der Waals surface area contributed by atoms with Gasteiger partial charge in [-0.25, -0.2) is 0 Å². The van der Waals surface area contributed by atoms with Crippen LogP contribution in [0.4, 0.5) is 0 Å². The average molecular weight is 252 g/mol. The van der Waals surface area contributed by atoms with Gasteiger partial charge in [0.15, 0.2) is 0 Å². The predicted molar refractivity (Wildman–Crippen MR) is 78.7 cm³/mol. The molecule has 1 fully saturated rings. The van der Waals surface area contributed by atoms with Gasteiger partial charge >= 0.3 is 0 Å². The van der Waals surface area contributed by atoms with Gasteiger partial charge in [-0.2, -0.15) is 0 Å². The Morgan fingerprint density at radius 2 is 1.44 bits per heavy atom. The molecule has 0 saturated heterocycles. The molecule has 0 amide bonds. The van der Waals surface area contributed by atoms with Gasteiger partial charge in [-0.3, -0.25) is 4.79 Å². The Bertz CT molecular complexity index is 224. The first kappa shape index (κ1) is 15.7. The van der Waals surface area contributed by atoms with E-state index in [1.807, 2.05) is 0 Å². The molecule has 1 saturated carbocycles. The van der Waals surface area contributed by atoms with E-state index in [1.54, 1.807) is 0 Å². The molecular formula is C17H32O. The fourth-order valence-electron chi connectivity index (χ4n) is 3.49. The zero-order valence-electron chi connectivity index (χ0n) is 12.7. The molecule has 1 aliphatic rings. The first-order chi connectivity index (χ1) is 8.63. The lowest BCUT2D eigenvalue weighted by molar-refractivity contribution is -0.124. The Labute approximate surface area is 114 Å². The molecule has 0 aromatic heterocycles. The van der Waals surface area contributed by atoms with Crippen molar-refractivity contribution in [1.82, 2.24) is 0 Å². The van der Waals surface area contributed by atoms with Crippen molar-refractivity contribution in [2.75, 3.05) is 0 Å². The fourth-order valence-corrected chi connectivity index (χ4v) is 3.49. The van der Waals surface area contributed by atoms with Crippen molar-refractivity contribution < 1.29 is 4.79 Å². The maximum atomic E-state index is 12.2. The highest BCUT2D eigenvalue weighted by Gasteiger charge is 2.28. The average Bonchev–Trinajstić information content (AvgIpc) is 2.32. The van der Waals surface area contributed by atoms with Crippen molar-refractivity contribution in [1.29, 1.82) is 0 Å². The lowest BCUT2D eigenvalue weighted by Gasteiger charge is -2.30. The van der Waals surface area contributed by atoms with E-state index in [0.29, 0.717) is 11.7 Å². The van der Waals surface area contributed by atoms with E-state index >= 15 is 0 Å². The molecule has 0 aromatic rings. The number of unbranched alkanes of at least 4 members (excludes halogenated alkanes) is 5. The van der Waals surface area contributed by atoms with Gasteiger partial charge in [0.2, 0.25) is 0 Å². The molecule has 1 heteroatoms. The largest absolute Gasteiger partial charge is 0.299 e. The topological polar surface area (TPSA) is 17.1 Å². The highest BCUT2D eigenvalue weighted by Crippen LogP contribution is 2.34. The molecule has 0 radical (unpaired) electrons. The lowest BCUT2D eigenvalue weighted by atomic mass is 9.74. The number of ketones is 1. The maximum absolute atomic E-state index is 12.2. The molecule has 1 nitrogen and oxygen atoms in total. The van der Waals surface area contributed by atoms with E-state index in [0.717, 1.165) is 37.5 Å². The van der Waals surface area contributed by atoms with Crippen LogP contribution in [0.2, 0.25) is 0 Å². The maximum Gasteiger partial charge on any atom is 0.135 e. The zero-order valence-corrected chi connectivity index (χ0v) is 12.7. The lowest BCUT2D eigenvalue weighted by Crippen LogP contribution is -2.25. The summed E-state index contributed by atoms with van der Waals surface area (Å²) in [5.74, 6) is 2.46. The predicted octanol–water partition coefficient (Wildman–Crippen LogP) is 5.38. The Morgan fingerprint density at radius 1 is 0.889 bits per heavy atom. The SMILES string of the molecule is CCCCCCCCC(=O)C1CC(C)CC(C)C1. The molecule has 0 spiro atoms. The summed E-state index contributed by atoms with van der Waals surface area (Å²) in [6, 6.07) is 0. The van der Waals surface area contributed by atoms with Crippen LogP contribution in [-0.4, -0.2) is 5.78 Å². The Morgan fingerprint density at radius 3 is 2.06 bits per heavy atom. The smallest absolute Gasteiger partial charge is 0.135 e. The van der Waals surface area contributed by atoms with Crippen LogP contribution < -0.4 is 0 Å². The molecule has 0 aliphatic heterocycles. The van der Waals surface area contributed by atoms with Crippen LogP contribution in [0.25, 0.3) is 0 Å². The van der Waals surface area contributed by atoms with Gasteiger partial charge in [0.05, 0.1) is 0 Å². The number of hydrogen-bond acceptors (Lipinski definition) is 1. The van der Waals surface area contributed by atoms with Crippen molar-refractivity contribution in [3.05, 3.63) is 0 Å². The van der Waals surface area contributed by atoms with Gasteiger partial charge in [0.1, 0.15) is 5.78 Å². The summed E-state index contributed by atoms with van der Waals surface area (Å²) in [7, 11) is 0. The summed E-state index contributed by atoms with van der Waals surface area (Å²) >= 11 is 0. The van der Waals surface area contributed by atoms with Gasteiger partial charge in [0, 0.05) is 12.3 Å². The molecule has 1 rings (SSSR count). The molecule has 0 aromatic carbocycles. The summed E-state index contributed by atoms with van der Waals surface area (Å²) in [6.45, 7) is 6.86. The van der Waals surface area contributed by atoms with Crippen molar-refractivity contribution in [3.8, 4) is 0 Å². The number of rotatable bonds is 8. The van der Waals surface area contributed by atoms with Gasteiger partial charge in [-0.1, -0.05) is 52.9 Å². The number of carbonyl (C=O) groups excluding carboxylic acids is 1. The molecule has 0 N–H and O–H groups in total. The van der Waals surface area contributed by atoms with Crippen LogP contribution in [-0.2, 0) is 4.79 Å². The molecule has 0 heterocycles. The van der Waals surface area contributed by atoms with Crippen molar-refractivity contribution in [2.45, 2.75) is 85.0 Å². The van der Waals surface area contributed by atoms with Crippen LogP contribution in [0.5, 0.6) is 0 Å². The minimum atomic E-state index is 0.388. The summed E-state index contributed by atoms with van der Waals surface area (Å²) in [5.41, 5.74) is 0. The van der Waals surface area contributed by atoms with Crippen LogP contribution in [0, 0.1) is 17.8 Å². The van der Waals surface area contributed by atoms with E-state index < -0.39 is 0 Å². The molecule has 1 aliphatic carbocycles. The second-order valence-corrected chi connectivity index (χ2v) is 6.60. The Balaban J connectivity index is 2.12. The first-order valence-electron chi connectivity index (χ1n) is 8.16. The van der Waals surface area contributed by atoms with E-state index in [-0.39, 0.29) is 0 Å². The molecule has 18 heavy (non-hydrogen) atoms. The van der Waals surface area contributed by atoms with E-state index in [9.17, 15) is 4.79 Å². The molecule has 2 unspecified atom stereocenters. The third kappa shape index (κ3) is 6.02. The number of hydrogen-bond donors (Lipinski definition) is 0. The van der Waals surface area contributed by atoms with E-state index in [1.165, 1.54) is 38.5 Å². The number of Topliss-reactive ketones (excluding diaryl/α,β-unsaturated/α-hetero) is 1. The third-order valence-electron chi connectivity index (χ3n) is 4.41. The Kier molecular flexibility index (Phi) is 7.62. The summed E-state index contributed by atoms with van der Waals surface area (Å²) in [6.07, 6.45) is 12.2. The number of carbonyl (C=O) groups is 1. The van der Waals surface area contributed by atoms with Crippen molar-refractivity contribution in [3.63, 3.8) is 0 Å². The Hall–Kier alpha value is -0.330. The van der Waals surface area contributed by atoms with Crippen LogP contribution in [0.1, 0.15) is 85.0 Å². The first-order valence-corrected chi connectivity index (χ1v) is 8.16. The molecule has 2 atom stereocenters. The van der Waals surface area contributed by atoms with E-state index in [2.05, 4.69) is 20.8 Å². The second kappa shape index (κ2) is 8.72. The normalized spacial score (nSPS) is 28.3. The van der Waals surface area contributed by atoms with Gasteiger partial charge < -0.3 is 0 Å². The highest BCUT2D eigenvalue weighted by atomic mass is 16.1. The van der Waals surface area contributed by atoms with Gasteiger partial charge in [-0.05, 0) is 37.5 Å². The van der Waals surface area contributed by atoms with Crippen LogP contribution in [0.15, 0.2) is 0 Å². The minimum Gasteiger partial charge on any atom is -0.299 e. The monoisotopic (exact) mass is 252 g/mol. The highest BCUT2D eigenvalue weighted by molar-refractivity contribution is 5.81. The van der Waals surface area contributed by atoms with Crippen molar-refractivity contribution in [2.24, 2.45) is 17.8 Å². The molecular weight excluding hydrogens is 220 g/mol. The third-order valence-corrected chi connectivity index (χ3v) is 4.41. The second-order valence-electron chi connectivity index (χ2n) is 6.60. The van der Waals surface area contributed by atoms with Crippen LogP contribution in [0.3, 0.4) is 0 Å². The zero-order chi connectivity index (χ0) is 13.4. The van der Waals surface area contributed by atoms with Gasteiger partial charge in [0.25, 0.3) is 0 Å². The standard InChI is InChI=1S/C17H32O/c1-4-5-6-7-8-9-10-17(18)16-12-14(2)11-15(3)13-16/h14-16H,4-13H2,1-3H3. The summed E-state index contributed by atoms with van der Waals surface area (Å²) in [5, 5.41) is 0. The molecule has 106 valence electrons. The quantitative estimate of drug-likeness (QED) is 0.530. The fraction of sp³-hybridized carbons (Fsp3) is 0.941. The van der Waals surface area contributed by atoms with Crippen molar-refractivity contribution >= 4 is 5.78 Å². The van der Waals surface area contributed by atoms with Gasteiger partial charge in [-0.15, -0.1) is 0 Å².